The van der Waals surface area contributed by atoms with Gasteiger partial charge in [-0.15, -0.1) is 0 Å². The van der Waals surface area contributed by atoms with Gasteiger partial charge < -0.3 is 43.3 Å². The van der Waals surface area contributed by atoms with Crippen molar-refractivity contribution in [3.8, 4) is 0 Å². The van der Waals surface area contributed by atoms with Crippen LogP contribution in [0.5, 0.6) is 0 Å². The normalized spacial score (nSPS) is 20.7. The van der Waals surface area contributed by atoms with Crippen LogP contribution in [0, 0.1) is 0 Å². The number of fused-ring (bicyclic) bond motifs is 1. The molecule has 1 unspecified atom stereocenters. The van der Waals surface area contributed by atoms with E-state index >= 15 is 0 Å². The predicted octanol–water partition coefficient (Wildman–Crippen LogP) is 7.63. The third kappa shape index (κ3) is 11.5. The summed E-state index contributed by atoms with van der Waals surface area (Å²) >= 11 is 5.95. The molecule has 3 aromatic heterocycles. The molecule has 0 bridgehead atoms. The molecule has 410 valence electrons. The van der Waals surface area contributed by atoms with Gasteiger partial charge in [0.15, 0.2) is 11.5 Å². The van der Waals surface area contributed by atoms with Crippen molar-refractivity contribution >= 4 is 84.6 Å². The van der Waals surface area contributed by atoms with E-state index in [9.17, 15) is 14.5 Å². The lowest BCUT2D eigenvalue weighted by molar-refractivity contribution is -0.0492. The first kappa shape index (κ1) is 55.9. The number of benzene rings is 5. The number of nitrogens with zero attached hydrogens (tertiary/aromatic N) is 6. The van der Waals surface area contributed by atoms with Gasteiger partial charge in [0.1, 0.15) is 42.3 Å². The lowest BCUT2D eigenvalue weighted by atomic mass is 10.2. The molecule has 0 saturated carbocycles. The molecular formula is C58H65N8O9PSSi2. The van der Waals surface area contributed by atoms with Crippen molar-refractivity contribution in [2.24, 2.45) is 0 Å². The molecule has 2 fully saturated rings. The Morgan fingerprint density at radius 1 is 0.696 bits per heavy atom. The van der Waals surface area contributed by atoms with Crippen molar-refractivity contribution < 1.29 is 37.1 Å². The molecule has 2 saturated heterocycles. The van der Waals surface area contributed by atoms with E-state index in [0.29, 0.717) is 16.7 Å². The van der Waals surface area contributed by atoms with E-state index in [-0.39, 0.29) is 42.7 Å². The Bertz CT molecular complexity index is 3410. The van der Waals surface area contributed by atoms with Crippen molar-refractivity contribution in [2.45, 2.75) is 101 Å². The number of amides is 1. The SMILES string of the molecule is CC(C)(C)[Si](OC[C@H]1O[C@@H](n2cnc3c(N)ncnc32)C[C@@H]1OP(O)(=S)OC[C@H]1O[C@@H](n2ccc(NC(=O)c3ccccc3)nc2=O)C[C@@H]1O[Si](c1ccccc1)(c1ccccc1)C(C)(C)C)(c1ccccc1)c1ccccc1. The van der Waals surface area contributed by atoms with Gasteiger partial charge >= 0.3 is 12.4 Å². The van der Waals surface area contributed by atoms with E-state index in [4.69, 9.17) is 44.9 Å². The molecule has 2 aliphatic rings. The minimum absolute atomic E-state index is 0.0624. The molecule has 2 aliphatic heterocycles. The van der Waals surface area contributed by atoms with Gasteiger partial charge in [-0.3, -0.25) is 13.9 Å². The summed E-state index contributed by atoms with van der Waals surface area (Å²) in [7, 11) is -6.37. The highest BCUT2D eigenvalue weighted by Crippen LogP contribution is 2.51. The number of carbonyl (C=O) groups excluding carboxylic acids is 1. The minimum atomic E-state index is -4.18. The lowest BCUT2D eigenvalue weighted by Crippen LogP contribution is -2.68. The zero-order valence-electron chi connectivity index (χ0n) is 44.9. The Hall–Kier alpha value is -6.40. The summed E-state index contributed by atoms with van der Waals surface area (Å²) in [5, 5.41) is 6.16. The van der Waals surface area contributed by atoms with E-state index in [1.165, 1.54) is 10.9 Å². The zero-order chi connectivity index (χ0) is 55.6. The fraction of sp³-hybridized carbons (Fsp3) is 0.310. The first-order valence-electron chi connectivity index (χ1n) is 26.3. The van der Waals surface area contributed by atoms with E-state index in [1.807, 2.05) is 78.9 Å². The van der Waals surface area contributed by atoms with Gasteiger partial charge in [-0.25, -0.2) is 19.7 Å². The van der Waals surface area contributed by atoms with Gasteiger partial charge in [-0.1, -0.05) is 181 Å². The standard InChI is InChI=1S/C58H65N8O9PSSi2/c1-57(2,3)78(41-24-14-8-15-25-41,42-26-16-9-17-27-42)71-37-48-45(34-51(73-48)66-39-62-52-53(59)60-38-61-54(52)66)74-76(69,77)70-36-47-46(75-79(58(4,5)6,43-28-18-10-19-29-43)44-30-20-11-21-31-44)35-50(72-47)65-33-32-49(64-56(65)68)63-55(67)40-22-12-7-13-23-40/h7-33,38-39,45-48,50-51H,34-37H2,1-6H3,(H,69,77)(H2,59,60,61)(H,63,64,67,68)/t45-,46-,47+,48+,50+,51+,76?/m0/s1. The highest BCUT2D eigenvalue weighted by atomic mass is 32.5. The zero-order valence-corrected chi connectivity index (χ0v) is 48.6. The number of aromatic nitrogens is 6. The molecule has 5 heterocycles. The highest BCUT2D eigenvalue weighted by Gasteiger charge is 2.55. The van der Waals surface area contributed by atoms with E-state index in [0.717, 1.165) is 20.7 Å². The van der Waals surface area contributed by atoms with E-state index in [1.54, 1.807) is 47.4 Å². The number of nitrogens with two attached hydrogens (primary N) is 1. The second-order valence-corrected chi connectivity index (χ2v) is 33.2. The van der Waals surface area contributed by atoms with Crippen LogP contribution in [0.4, 0.5) is 11.6 Å². The van der Waals surface area contributed by atoms with Crippen molar-refractivity contribution in [3.63, 3.8) is 0 Å². The van der Waals surface area contributed by atoms with Crippen LogP contribution in [0.2, 0.25) is 10.1 Å². The first-order chi connectivity index (χ1) is 37.9. The minimum Gasteiger partial charge on any atom is -0.405 e. The first-order valence-corrected chi connectivity index (χ1v) is 32.7. The molecule has 10 rings (SSSR count). The third-order valence-corrected chi connectivity index (χ3v) is 26.4. The molecule has 5 aromatic carbocycles. The van der Waals surface area contributed by atoms with Crippen LogP contribution >= 0.6 is 6.72 Å². The Labute approximate surface area is 466 Å². The van der Waals surface area contributed by atoms with E-state index < -0.39 is 76.9 Å². The largest absolute Gasteiger partial charge is 0.405 e. The van der Waals surface area contributed by atoms with Gasteiger partial charge in [0.25, 0.3) is 22.5 Å². The number of imidazole rings is 1. The maximum absolute atomic E-state index is 14.0. The fourth-order valence-electron chi connectivity index (χ4n) is 11.1. The van der Waals surface area contributed by atoms with Gasteiger partial charge in [-0.05, 0) is 60.8 Å². The average molecular weight is 1140 g/mol. The Morgan fingerprint density at radius 2 is 1.19 bits per heavy atom. The molecular weight excluding hydrogens is 1070 g/mol. The van der Waals surface area contributed by atoms with Gasteiger partial charge in [0.2, 0.25) is 0 Å². The lowest BCUT2D eigenvalue weighted by Gasteiger charge is -2.45. The summed E-state index contributed by atoms with van der Waals surface area (Å²) in [4.78, 5) is 56.8. The van der Waals surface area contributed by atoms with Crippen molar-refractivity contribution in [3.05, 3.63) is 193 Å². The van der Waals surface area contributed by atoms with Crippen molar-refractivity contribution in [2.75, 3.05) is 24.3 Å². The monoisotopic (exact) mass is 1140 g/mol. The molecule has 0 radical (unpaired) electrons. The molecule has 79 heavy (non-hydrogen) atoms. The number of carbonyl (C=O) groups is 1. The van der Waals surface area contributed by atoms with Gasteiger partial charge in [0.05, 0.1) is 31.7 Å². The Balaban J connectivity index is 0.965. The van der Waals surface area contributed by atoms with Gasteiger partial charge in [-0.2, -0.15) is 4.98 Å². The summed E-state index contributed by atoms with van der Waals surface area (Å²) in [6.07, 6.45) is 0.0689. The summed E-state index contributed by atoms with van der Waals surface area (Å²) in [6.45, 7) is 8.73. The van der Waals surface area contributed by atoms with Crippen LogP contribution < -0.4 is 37.5 Å². The van der Waals surface area contributed by atoms with Crippen LogP contribution in [-0.4, -0.2) is 94.1 Å². The van der Waals surface area contributed by atoms with Crippen LogP contribution in [0.1, 0.15) is 77.2 Å². The highest BCUT2D eigenvalue weighted by molar-refractivity contribution is 8.07. The molecule has 0 aliphatic carbocycles. The molecule has 8 aromatic rings. The quantitative estimate of drug-likeness (QED) is 0.0557. The van der Waals surface area contributed by atoms with Crippen molar-refractivity contribution in [1.29, 1.82) is 0 Å². The molecule has 1 amide bonds. The van der Waals surface area contributed by atoms with E-state index in [2.05, 4.69) is 115 Å². The summed E-state index contributed by atoms with van der Waals surface area (Å²) in [5.74, 6) is -0.106. The number of nitrogens with one attached hydrogen (secondary N) is 1. The number of ether oxygens (including phenoxy) is 2. The van der Waals surface area contributed by atoms with Crippen LogP contribution in [0.25, 0.3) is 11.2 Å². The van der Waals surface area contributed by atoms with Crippen LogP contribution in [0.15, 0.2) is 181 Å². The predicted molar refractivity (Wildman–Crippen MR) is 313 cm³/mol. The fourth-order valence-corrected chi connectivity index (χ4v) is 21.9. The summed E-state index contributed by atoms with van der Waals surface area (Å²) in [6, 6.07) is 51.2. The van der Waals surface area contributed by atoms with Crippen molar-refractivity contribution in [1.82, 2.24) is 29.1 Å². The topological polar surface area (TPSA) is 209 Å². The second kappa shape index (κ2) is 23.0. The Morgan fingerprint density at radius 3 is 1.72 bits per heavy atom. The number of hydrogen-bond donors (Lipinski definition) is 3. The maximum Gasteiger partial charge on any atom is 0.351 e. The number of rotatable bonds is 18. The molecule has 7 atom stereocenters. The number of nitrogen functional groups attached to an aromatic ring is 1. The third-order valence-electron chi connectivity index (χ3n) is 14.8. The van der Waals surface area contributed by atoms with Gasteiger partial charge in [0, 0.05) is 24.6 Å². The van der Waals surface area contributed by atoms with Crippen LogP contribution in [-0.2, 0) is 39.2 Å². The second-order valence-electron chi connectivity index (χ2n) is 21.8. The molecule has 0 spiro atoms. The summed E-state index contributed by atoms with van der Waals surface area (Å²) in [5.41, 5.74) is 6.88. The molecule has 21 heteroatoms. The summed E-state index contributed by atoms with van der Waals surface area (Å²) < 4.78 is 44.9. The number of anilines is 2. The molecule has 4 N–H and O–H groups in total. The molecule has 17 nitrogen and oxygen atoms in total. The van der Waals surface area contributed by atoms with Crippen LogP contribution in [0.3, 0.4) is 0 Å². The Kier molecular flexibility index (Phi) is 16.3. The maximum atomic E-state index is 14.0. The smallest absolute Gasteiger partial charge is 0.351 e. The number of hydrogen-bond acceptors (Lipinski definition) is 14. The average Bonchev–Trinajstić information content (AvgIpc) is 4.31.